The van der Waals surface area contributed by atoms with Crippen LogP contribution in [0.3, 0.4) is 0 Å². The van der Waals surface area contributed by atoms with Crippen molar-refractivity contribution in [3.8, 4) is 11.4 Å². The number of carbonyl (C=O) groups is 1. The highest BCUT2D eigenvalue weighted by molar-refractivity contribution is 7.19. The Morgan fingerprint density at radius 1 is 1.07 bits per heavy atom. The molecule has 0 spiro atoms. The zero-order valence-electron chi connectivity index (χ0n) is 22.9. The Labute approximate surface area is 239 Å². The number of nitrogens with zero attached hydrogens (tertiary/aromatic N) is 5. The number of benzene rings is 1. The molecule has 0 atom stereocenters. The minimum absolute atomic E-state index is 0.265. The van der Waals surface area contributed by atoms with Gasteiger partial charge in [0.2, 0.25) is 5.91 Å². The van der Waals surface area contributed by atoms with Crippen LogP contribution in [-0.4, -0.2) is 88.7 Å². The van der Waals surface area contributed by atoms with E-state index in [9.17, 15) is 18.0 Å². The summed E-state index contributed by atoms with van der Waals surface area (Å²) in [5.41, 5.74) is 5.61. The first-order valence-corrected chi connectivity index (χ1v) is 14.4. The van der Waals surface area contributed by atoms with Crippen molar-refractivity contribution in [1.29, 1.82) is 0 Å². The maximum atomic E-state index is 13.8. The molecule has 5 heterocycles. The van der Waals surface area contributed by atoms with E-state index in [1.807, 2.05) is 19.9 Å². The number of amides is 1. The fourth-order valence-electron chi connectivity index (χ4n) is 5.51. The fraction of sp³-hybridized carbons (Fsp3) is 0.464. The Morgan fingerprint density at radius 2 is 1.80 bits per heavy atom. The number of aromatic amines is 1. The van der Waals surface area contributed by atoms with Crippen LogP contribution >= 0.6 is 11.3 Å². The number of rotatable bonds is 6. The van der Waals surface area contributed by atoms with Gasteiger partial charge in [-0.05, 0) is 38.1 Å². The third-order valence-electron chi connectivity index (χ3n) is 8.10. The second-order valence-electron chi connectivity index (χ2n) is 11.0. The summed E-state index contributed by atoms with van der Waals surface area (Å²) in [6.45, 7) is 9.82. The lowest BCUT2D eigenvalue weighted by atomic mass is 10.0. The number of alkyl halides is 3. The van der Waals surface area contributed by atoms with Crippen molar-refractivity contribution in [2.45, 2.75) is 32.1 Å². The van der Waals surface area contributed by atoms with Crippen LogP contribution in [0.4, 0.5) is 19.0 Å². The molecular weight excluding hydrogens is 555 g/mol. The van der Waals surface area contributed by atoms with Crippen molar-refractivity contribution in [2.75, 3.05) is 57.4 Å². The number of hydrogen-bond donors (Lipinski definition) is 2. The molecule has 218 valence electrons. The van der Waals surface area contributed by atoms with E-state index < -0.39 is 17.3 Å². The van der Waals surface area contributed by atoms with Gasteiger partial charge in [0.05, 0.1) is 34.5 Å². The highest BCUT2D eigenvalue weighted by atomic mass is 32.1. The van der Waals surface area contributed by atoms with Crippen LogP contribution in [0.2, 0.25) is 0 Å². The number of H-pyrrole nitrogens is 1. The zero-order valence-corrected chi connectivity index (χ0v) is 23.7. The van der Waals surface area contributed by atoms with Crippen molar-refractivity contribution in [3.05, 3.63) is 40.9 Å². The Hall–Kier alpha value is -3.26. The van der Waals surface area contributed by atoms with Crippen LogP contribution in [0.5, 0.6) is 0 Å². The molecule has 2 saturated heterocycles. The predicted octanol–water partition coefficient (Wildman–Crippen LogP) is 4.08. The number of fused-ring (bicyclic) bond motifs is 2. The van der Waals surface area contributed by atoms with Gasteiger partial charge in [0.25, 0.3) is 0 Å². The topological polar surface area (TPSA) is 104 Å². The molecule has 2 fully saturated rings. The molecule has 41 heavy (non-hydrogen) atoms. The number of piperazine rings is 1. The minimum atomic E-state index is -4.50. The van der Waals surface area contributed by atoms with E-state index in [0.29, 0.717) is 54.8 Å². The van der Waals surface area contributed by atoms with E-state index in [4.69, 9.17) is 20.4 Å². The third-order valence-corrected chi connectivity index (χ3v) is 9.20. The van der Waals surface area contributed by atoms with Gasteiger partial charge in [-0.15, -0.1) is 11.3 Å². The SMILES string of the molecule is CC(C)(C(N)=O)N1CCN(Cc2cc3nc(-c4cc(C(F)(F)F)cc5[nH]ccc45)nc(N4CCOCC4)c3s2)CC1. The first kappa shape index (κ1) is 27.9. The van der Waals surface area contributed by atoms with Gasteiger partial charge in [0, 0.05) is 73.4 Å². The number of ether oxygens (including phenoxy) is 1. The smallest absolute Gasteiger partial charge is 0.378 e. The molecule has 4 aromatic rings. The van der Waals surface area contributed by atoms with Gasteiger partial charge in [0.15, 0.2) is 11.6 Å². The van der Waals surface area contributed by atoms with Gasteiger partial charge in [-0.1, -0.05) is 0 Å². The molecule has 0 bridgehead atoms. The van der Waals surface area contributed by atoms with E-state index >= 15 is 0 Å². The van der Waals surface area contributed by atoms with Crippen molar-refractivity contribution in [1.82, 2.24) is 24.8 Å². The first-order chi connectivity index (χ1) is 19.5. The average Bonchev–Trinajstić information content (AvgIpc) is 3.59. The van der Waals surface area contributed by atoms with Gasteiger partial charge in [-0.25, -0.2) is 9.97 Å². The Bertz CT molecular complexity index is 1580. The summed E-state index contributed by atoms with van der Waals surface area (Å²) in [6, 6.07) is 6.04. The standard InChI is InChI=1S/C28H32F3N7O2S/c1-27(2,26(32)39)38-7-5-36(6-8-38)16-18-15-22-23(41-18)25(37-9-11-40-12-10-37)35-24(34-22)20-13-17(28(29,30)31)14-21-19(20)3-4-33-21/h3-4,13-15,33H,5-12,16H2,1-2H3,(H2,32,39). The molecule has 0 radical (unpaired) electrons. The monoisotopic (exact) mass is 587 g/mol. The van der Waals surface area contributed by atoms with Crippen molar-refractivity contribution in [3.63, 3.8) is 0 Å². The van der Waals surface area contributed by atoms with Crippen molar-refractivity contribution < 1.29 is 22.7 Å². The predicted molar refractivity (Wildman–Crippen MR) is 153 cm³/mol. The van der Waals surface area contributed by atoms with E-state index in [1.165, 1.54) is 0 Å². The maximum Gasteiger partial charge on any atom is 0.416 e. The van der Waals surface area contributed by atoms with Crippen LogP contribution < -0.4 is 10.6 Å². The molecule has 9 nitrogen and oxygen atoms in total. The molecule has 3 N–H and O–H groups in total. The van der Waals surface area contributed by atoms with Crippen LogP contribution in [-0.2, 0) is 22.3 Å². The molecule has 0 unspecified atom stereocenters. The minimum Gasteiger partial charge on any atom is -0.378 e. The second kappa shape index (κ2) is 10.5. The summed E-state index contributed by atoms with van der Waals surface area (Å²) in [5, 5.41) is 0.637. The highest BCUT2D eigenvalue weighted by Crippen LogP contribution is 2.39. The fourth-order valence-corrected chi connectivity index (χ4v) is 6.66. The van der Waals surface area contributed by atoms with Crippen LogP contribution in [0.15, 0.2) is 30.5 Å². The molecular formula is C28H32F3N7O2S. The Morgan fingerprint density at radius 3 is 2.49 bits per heavy atom. The summed E-state index contributed by atoms with van der Waals surface area (Å²) < 4.78 is 47.8. The average molecular weight is 588 g/mol. The van der Waals surface area contributed by atoms with Gasteiger partial charge in [0.1, 0.15) is 0 Å². The number of hydrogen-bond acceptors (Lipinski definition) is 8. The van der Waals surface area contributed by atoms with E-state index in [-0.39, 0.29) is 11.7 Å². The molecule has 13 heteroatoms. The number of nitrogens with two attached hydrogens (primary N) is 1. The summed E-state index contributed by atoms with van der Waals surface area (Å²) in [7, 11) is 0. The molecule has 3 aromatic heterocycles. The molecule has 6 rings (SSSR count). The van der Waals surface area contributed by atoms with Gasteiger partial charge >= 0.3 is 6.18 Å². The highest BCUT2D eigenvalue weighted by Gasteiger charge is 2.35. The first-order valence-electron chi connectivity index (χ1n) is 13.6. The molecule has 2 aliphatic rings. The molecule has 0 aliphatic carbocycles. The Kier molecular flexibility index (Phi) is 7.17. The van der Waals surface area contributed by atoms with Crippen molar-refractivity contribution in [2.24, 2.45) is 5.73 Å². The molecule has 0 saturated carbocycles. The van der Waals surface area contributed by atoms with Gasteiger partial charge < -0.3 is 20.4 Å². The van der Waals surface area contributed by atoms with E-state index in [1.54, 1.807) is 23.6 Å². The lowest BCUT2D eigenvalue weighted by Crippen LogP contribution is -2.59. The number of nitrogens with one attached hydrogen (secondary N) is 1. The van der Waals surface area contributed by atoms with Crippen LogP contribution in [0, 0.1) is 0 Å². The number of primary amides is 1. The number of morpholine rings is 1. The summed E-state index contributed by atoms with van der Waals surface area (Å²) >= 11 is 1.62. The Balaban J connectivity index is 1.36. The van der Waals surface area contributed by atoms with E-state index in [0.717, 1.165) is 53.7 Å². The normalized spacial score (nSPS) is 18.0. The van der Waals surface area contributed by atoms with Crippen molar-refractivity contribution >= 4 is 44.2 Å². The quantitative estimate of drug-likeness (QED) is 0.351. The maximum absolute atomic E-state index is 13.8. The zero-order chi connectivity index (χ0) is 28.9. The number of carbonyl (C=O) groups excluding carboxylic acids is 1. The number of anilines is 1. The van der Waals surface area contributed by atoms with E-state index in [2.05, 4.69) is 19.7 Å². The summed E-state index contributed by atoms with van der Waals surface area (Å²) in [4.78, 5) is 32.2. The molecule has 1 amide bonds. The molecule has 1 aromatic carbocycles. The lowest BCUT2D eigenvalue weighted by molar-refractivity contribution is -0.137. The van der Waals surface area contributed by atoms with Gasteiger partial charge in [-0.2, -0.15) is 13.2 Å². The third kappa shape index (κ3) is 5.39. The summed E-state index contributed by atoms with van der Waals surface area (Å²) in [6.07, 6.45) is -2.87. The van der Waals surface area contributed by atoms with Crippen LogP contribution in [0.25, 0.3) is 32.5 Å². The number of halogens is 3. The lowest BCUT2D eigenvalue weighted by Gasteiger charge is -2.42. The largest absolute Gasteiger partial charge is 0.416 e. The van der Waals surface area contributed by atoms with Gasteiger partial charge in [-0.3, -0.25) is 14.6 Å². The number of aromatic nitrogens is 3. The summed E-state index contributed by atoms with van der Waals surface area (Å²) in [5.74, 6) is 0.651. The number of thiophene rings is 1. The second-order valence-corrected chi connectivity index (χ2v) is 12.2. The molecule has 2 aliphatic heterocycles. The van der Waals surface area contributed by atoms with Crippen LogP contribution in [0.1, 0.15) is 24.3 Å².